The quantitative estimate of drug-likeness (QED) is 0.686. The van der Waals surface area contributed by atoms with Gasteiger partial charge in [0.2, 0.25) is 11.8 Å². The summed E-state index contributed by atoms with van der Waals surface area (Å²) in [6.07, 6.45) is 3.57. The number of aromatic nitrogens is 3. The predicted molar refractivity (Wildman–Crippen MR) is 124 cm³/mol. The molecule has 2 amide bonds. The summed E-state index contributed by atoms with van der Waals surface area (Å²) in [5.74, 6) is 1.49. The monoisotopic (exact) mass is 431 g/mol. The van der Waals surface area contributed by atoms with Gasteiger partial charge in [-0.1, -0.05) is 18.2 Å². The number of piperidine rings is 1. The topological polar surface area (TPSA) is 82.2 Å². The lowest BCUT2D eigenvalue weighted by Gasteiger charge is -2.35. The van der Waals surface area contributed by atoms with Crippen molar-refractivity contribution < 1.29 is 9.59 Å². The normalized spacial score (nSPS) is 18.5. The van der Waals surface area contributed by atoms with E-state index in [1.807, 2.05) is 24.8 Å². The Kier molecular flexibility index (Phi) is 4.99. The number of para-hydroxylation sites is 1. The van der Waals surface area contributed by atoms with E-state index in [9.17, 15) is 9.59 Å². The fourth-order valence-corrected chi connectivity index (χ4v) is 5.15. The highest BCUT2D eigenvalue weighted by molar-refractivity contribution is 6.00. The third-order valence-corrected chi connectivity index (χ3v) is 7.04. The van der Waals surface area contributed by atoms with Crippen molar-refractivity contribution in [1.29, 1.82) is 0 Å². The molecule has 1 fully saturated rings. The van der Waals surface area contributed by atoms with Crippen molar-refractivity contribution in [3.8, 4) is 0 Å². The largest absolute Gasteiger partial charge is 0.358 e. The lowest BCUT2D eigenvalue weighted by atomic mass is 9.98. The highest BCUT2D eigenvalue weighted by Crippen LogP contribution is 2.35. The molecule has 3 aromatic rings. The summed E-state index contributed by atoms with van der Waals surface area (Å²) in [6.45, 7) is 6.76. The minimum absolute atomic E-state index is 0.0382. The number of hydrogen-bond acceptors (Lipinski definition) is 4. The summed E-state index contributed by atoms with van der Waals surface area (Å²) in [6, 6.07) is 6.06. The zero-order chi connectivity index (χ0) is 22.6. The molecule has 2 aliphatic rings. The first kappa shape index (κ1) is 20.7. The van der Waals surface area contributed by atoms with E-state index in [0.29, 0.717) is 31.0 Å². The zero-order valence-corrected chi connectivity index (χ0v) is 19.2. The lowest BCUT2D eigenvalue weighted by Crippen LogP contribution is -2.40. The van der Waals surface area contributed by atoms with Crippen LogP contribution in [-0.4, -0.2) is 45.3 Å². The maximum atomic E-state index is 13.6. The van der Waals surface area contributed by atoms with E-state index in [4.69, 9.17) is 9.97 Å². The first-order chi connectivity index (χ1) is 15.3. The molecule has 2 aliphatic heterocycles. The third-order valence-electron chi connectivity index (χ3n) is 7.04. The molecular weight excluding hydrogens is 402 g/mol. The van der Waals surface area contributed by atoms with E-state index in [2.05, 4.69) is 24.0 Å². The van der Waals surface area contributed by atoms with Crippen molar-refractivity contribution in [3.63, 3.8) is 0 Å². The molecule has 0 aliphatic carbocycles. The van der Waals surface area contributed by atoms with Crippen LogP contribution in [-0.2, 0) is 22.4 Å². The van der Waals surface area contributed by atoms with Gasteiger partial charge in [0.1, 0.15) is 5.82 Å². The van der Waals surface area contributed by atoms with Crippen LogP contribution in [0, 0.1) is 20.8 Å². The molecule has 1 aromatic carbocycles. The number of anilines is 1. The Balaban J connectivity index is 1.47. The lowest BCUT2D eigenvalue weighted by molar-refractivity contribution is -0.134. The zero-order valence-electron chi connectivity index (χ0n) is 19.2. The molecule has 0 radical (unpaired) electrons. The maximum Gasteiger partial charge on any atom is 0.232 e. The summed E-state index contributed by atoms with van der Waals surface area (Å²) < 4.78 is 0. The van der Waals surface area contributed by atoms with Gasteiger partial charge in [0, 0.05) is 41.4 Å². The number of carbonyl (C=O) groups excluding carboxylic acids is 2. The summed E-state index contributed by atoms with van der Waals surface area (Å²) in [4.78, 5) is 42.3. The fourth-order valence-electron chi connectivity index (χ4n) is 5.15. The van der Waals surface area contributed by atoms with Gasteiger partial charge in [-0.05, 0) is 51.2 Å². The number of likely N-dealkylation sites (tertiary alicyclic amines) is 1. The second-order valence-electron chi connectivity index (χ2n) is 9.10. The minimum Gasteiger partial charge on any atom is -0.358 e. The highest BCUT2D eigenvalue weighted by atomic mass is 16.2. The van der Waals surface area contributed by atoms with E-state index in [1.54, 1.807) is 11.9 Å². The van der Waals surface area contributed by atoms with Crippen molar-refractivity contribution in [2.75, 3.05) is 18.5 Å². The number of aromatic amines is 1. The number of benzene rings is 1. The van der Waals surface area contributed by atoms with Crippen molar-refractivity contribution in [3.05, 3.63) is 52.1 Å². The second-order valence-corrected chi connectivity index (χ2v) is 9.10. The first-order valence-electron chi connectivity index (χ1n) is 11.4. The number of aryl methyl sites for hydroxylation is 3. The van der Waals surface area contributed by atoms with Crippen LogP contribution < -0.4 is 4.90 Å². The minimum atomic E-state index is -0.156. The van der Waals surface area contributed by atoms with Gasteiger partial charge in [-0.15, -0.1) is 0 Å². The number of likely N-dealkylation sites (N-methyl/N-ethyl adjacent to an activating group) is 1. The number of nitrogens with one attached hydrogen (secondary N) is 1. The molecule has 166 valence electrons. The Hall–Kier alpha value is -3.22. The third kappa shape index (κ3) is 3.27. The van der Waals surface area contributed by atoms with Crippen LogP contribution in [0.4, 0.5) is 5.82 Å². The Morgan fingerprint density at radius 2 is 2.00 bits per heavy atom. The van der Waals surface area contributed by atoms with Gasteiger partial charge >= 0.3 is 0 Å². The van der Waals surface area contributed by atoms with E-state index in [1.165, 1.54) is 5.56 Å². The molecule has 1 N–H and O–H groups in total. The average molecular weight is 432 g/mol. The predicted octanol–water partition coefficient (Wildman–Crippen LogP) is 3.70. The Morgan fingerprint density at radius 1 is 1.19 bits per heavy atom. The summed E-state index contributed by atoms with van der Waals surface area (Å²) >= 11 is 0. The van der Waals surface area contributed by atoms with Gasteiger partial charge in [-0.2, -0.15) is 0 Å². The van der Waals surface area contributed by atoms with Crippen LogP contribution in [0.15, 0.2) is 18.2 Å². The van der Waals surface area contributed by atoms with Gasteiger partial charge in [-0.3, -0.25) is 14.5 Å². The number of hydrogen-bond donors (Lipinski definition) is 1. The number of nitrogens with zero attached hydrogens (tertiary/aromatic N) is 4. The van der Waals surface area contributed by atoms with Crippen LogP contribution >= 0.6 is 0 Å². The Labute approximate surface area is 187 Å². The molecule has 32 heavy (non-hydrogen) atoms. The number of carbonyl (C=O) groups is 2. The number of H-pyrrole nitrogens is 1. The van der Waals surface area contributed by atoms with Crippen LogP contribution in [0.2, 0.25) is 0 Å². The summed E-state index contributed by atoms with van der Waals surface area (Å²) in [7, 11) is 1.76. The van der Waals surface area contributed by atoms with E-state index in [0.717, 1.165) is 52.7 Å². The van der Waals surface area contributed by atoms with Crippen molar-refractivity contribution in [2.45, 2.75) is 58.9 Å². The Morgan fingerprint density at radius 3 is 2.81 bits per heavy atom. The molecule has 0 unspecified atom stereocenters. The van der Waals surface area contributed by atoms with E-state index in [-0.39, 0.29) is 17.9 Å². The first-order valence-corrected chi connectivity index (χ1v) is 11.4. The number of amides is 2. The fraction of sp³-hybridized carbons (Fsp3) is 0.440. The van der Waals surface area contributed by atoms with Crippen molar-refractivity contribution in [1.82, 2.24) is 19.9 Å². The van der Waals surface area contributed by atoms with Crippen LogP contribution in [0.1, 0.15) is 59.2 Å². The number of rotatable bonds is 3. The molecular formula is C25H29N5O2. The standard InChI is InChI=1S/C25H29N5O2/c1-14-8-7-9-17-18(15(2)26-23(14)17)12-22(32)30-11-6-5-10-20(30)24-27-16(3)19-13-21(31)29(4)25(19)28-24/h7-9,20,26H,5-6,10-13H2,1-4H3/t20-/m0/s1. The average Bonchev–Trinajstić information content (AvgIpc) is 3.26. The molecule has 7 nitrogen and oxygen atoms in total. The molecule has 7 heteroatoms. The molecule has 1 saturated heterocycles. The van der Waals surface area contributed by atoms with Gasteiger partial charge in [-0.25, -0.2) is 9.97 Å². The SMILES string of the molecule is Cc1nc([C@@H]2CCCCN2C(=O)Cc2c(C)[nH]c3c(C)cccc23)nc2c1CC(=O)N2C. The molecule has 5 rings (SSSR count). The molecule has 1 atom stereocenters. The smallest absolute Gasteiger partial charge is 0.232 e. The summed E-state index contributed by atoms with van der Waals surface area (Å²) in [5, 5.41) is 1.12. The molecule has 0 saturated carbocycles. The number of fused-ring (bicyclic) bond motifs is 2. The Bertz CT molecular complexity index is 1240. The van der Waals surface area contributed by atoms with Gasteiger partial charge in [0.05, 0.1) is 18.9 Å². The molecule has 0 bridgehead atoms. The molecule has 4 heterocycles. The van der Waals surface area contributed by atoms with E-state index < -0.39 is 0 Å². The van der Waals surface area contributed by atoms with Crippen LogP contribution in [0.5, 0.6) is 0 Å². The van der Waals surface area contributed by atoms with Crippen molar-refractivity contribution >= 4 is 28.5 Å². The van der Waals surface area contributed by atoms with Crippen LogP contribution in [0.3, 0.4) is 0 Å². The molecule has 2 aromatic heterocycles. The van der Waals surface area contributed by atoms with E-state index >= 15 is 0 Å². The maximum absolute atomic E-state index is 13.6. The summed E-state index contributed by atoms with van der Waals surface area (Å²) in [5.41, 5.74) is 6.13. The van der Waals surface area contributed by atoms with Gasteiger partial charge in [0.25, 0.3) is 0 Å². The van der Waals surface area contributed by atoms with Gasteiger partial charge in [0.15, 0.2) is 5.82 Å². The molecule has 0 spiro atoms. The van der Waals surface area contributed by atoms with Crippen molar-refractivity contribution in [2.24, 2.45) is 0 Å². The highest BCUT2D eigenvalue weighted by Gasteiger charge is 2.34. The van der Waals surface area contributed by atoms with Crippen LogP contribution in [0.25, 0.3) is 10.9 Å². The van der Waals surface area contributed by atoms with Gasteiger partial charge < -0.3 is 9.88 Å². The second kappa shape index (κ2) is 7.73.